The lowest BCUT2D eigenvalue weighted by Crippen LogP contribution is -2.02. The number of pyridine rings is 1. The summed E-state index contributed by atoms with van der Waals surface area (Å²) < 4.78 is 0. The van der Waals surface area contributed by atoms with Gasteiger partial charge in [0.15, 0.2) is 0 Å². The Balaban J connectivity index is 2.20. The minimum atomic E-state index is 0.0741. The molecular weight excluding hydrogens is 312 g/mol. The molecule has 0 aliphatic carbocycles. The van der Waals surface area contributed by atoms with Gasteiger partial charge in [0.2, 0.25) is 5.95 Å². The topological polar surface area (TPSA) is 101 Å². The molecule has 23 heavy (non-hydrogen) atoms. The predicted octanol–water partition coefficient (Wildman–Crippen LogP) is 3.02. The van der Waals surface area contributed by atoms with Crippen LogP contribution in [-0.4, -0.2) is 20.2 Å². The Morgan fingerprint density at radius 1 is 1.00 bits per heavy atom. The Labute approximate surface area is 137 Å². The largest absolute Gasteiger partial charge is 0.366 e. The zero-order valence-corrected chi connectivity index (χ0v) is 12.9. The van der Waals surface area contributed by atoms with Gasteiger partial charge in [-0.25, -0.2) is 9.97 Å². The van der Waals surface area contributed by atoms with Crippen LogP contribution < -0.4 is 5.73 Å². The van der Waals surface area contributed by atoms with Crippen LogP contribution in [0.25, 0.3) is 22.5 Å². The highest BCUT2D eigenvalue weighted by Crippen LogP contribution is 2.30. The van der Waals surface area contributed by atoms with E-state index >= 15 is 0 Å². The third kappa shape index (κ3) is 3.10. The van der Waals surface area contributed by atoms with Crippen molar-refractivity contribution in [1.29, 1.82) is 5.26 Å². The third-order valence-corrected chi connectivity index (χ3v) is 3.38. The van der Waals surface area contributed by atoms with E-state index in [1.807, 2.05) is 13.0 Å². The van der Waals surface area contributed by atoms with Crippen molar-refractivity contribution < 1.29 is 0 Å². The van der Waals surface area contributed by atoms with Crippen molar-refractivity contribution in [2.45, 2.75) is 6.92 Å². The van der Waals surface area contributed by atoms with Crippen molar-refractivity contribution in [3.8, 4) is 28.6 Å². The van der Waals surface area contributed by atoms with E-state index in [0.29, 0.717) is 22.1 Å². The maximum absolute atomic E-state index is 8.91. The van der Waals surface area contributed by atoms with Gasteiger partial charge in [0.25, 0.3) is 0 Å². The Bertz CT molecular complexity index is 895. The summed E-state index contributed by atoms with van der Waals surface area (Å²) in [7, 11) is 0. The number of aryl methyl sites for hydroxylation is 1. The van der Waals surface area contributed by atoms with E-state index < -0.39 is 0 Å². The Hall–Kier alpha value is -3.04. The summed E-state index contributed by atoms with van der Waals surface area (Å²) in [6, 6.07) is 12.6. The second-order valence-electron chi connectivity index (χ2n) is 4.88. The summed E-state index contributed by atoms with van der Waals surface area (Å²) in [5, 5.41) is 17.3. The molecule has 0 bridgehead atoms. The van der Waals surface area contributed by atoms with Gasteiger partial charge in [0, 0.05) is 16.8 Å². The van der Waals surface area contributed by atoms with Gasteiger partial charge >= 0.3 is 0 Å². The van der Waals surface area contributed by atoms with Crippen LogP contribution in [0.15, 0.2) is 36.4 Å². The molecule has 0 saturated heterocycles. The maximum atomic E-state index is 8.91. The van der Waals surface area contributed by atoms with Crippen molar-refractivity contribution in [3.05, 3.63) is 52.8 Å². The van der Waals surface area contributed by atoms with Crippen molar-refractivity contribution in [2.24, 2.45) is 0 Å². The number of halogens is 1. The molecule has 0 radical (unpaired) electrons. The Morgan fingerprint density at radius 3 is 2.39 bits per heavy atom. The van der Waals surface area contributed by atoms with E-state index in [4.69, 9.17) is 22.6 Å². The van der Waals surface area contributed by atoms with Gasteiger partial charge in [0.05, 0.1) is 11.6 Å². The zero-order chi connectivity index (χ0) is 16.4. The summed E-state index contributed by atoms with van der Waals surface area (Å²) >= 11 is 6.03. The average Bonchev–Trinajstić information content (AvgIpc) is 2.54. The second kappa shape index (κ2) is 5.99. The van der Waals surface area contributed by atoms with Crippen molar-refractivity contribution in [2.75, 3.05) is 5.73 Å². The van der Waals surface area contributed by atoms with E-state index in [1.54, 1.807) is 30.3 Å². The molecule has 0 spiro atoms. The number of rotatable bonds is 2. The first-order valence-electron chi connectivity index (χ1n) is 6.72. The molecule has 112 valence electrons. The van der Waals surface area contributed by atoms with Crippen LogP contribution in [0.3, 0.4) is 0 Å². The fraction of sp³-hybridized carbons (Fsp3) is 0.0625. The quantitative estimate of drug-likeness (QED) is 0.728. The van der Waals surface area contributed by atoms with Crippen LogP contribution in [0.2, 0.25) is 5.15 Å². The highest BCUT2D eigenvalue weighted by atomic mass is 35.5. The molecule has 0 fully saturated rings. The number of nitrogen functional groups attached to an aromatic ring is 1. The third-order valence-electron chi connectivity index (χ3n) is 3.19. The molecule has 0 atom stereocenters. The first kappa shape index (κ1) is 14.9. The molecule has 3 aromatic rings. The zero-order valence-electron chi connectivity index (χ0n) is 12.2. The SMILES string of the molecule is Cc1cc(-c2nnc(N)nc2-c2ccc(C#N)cc2)cc(Cl)n1. The molecule has 2 N–H and O–H groups in total. The highest BCUT2D eigenvalue weighted by Gasteiger charge is 2.14. The van der Waals surface area contributed by atoms with Crippen molar-refractivity contribution >= 4 is 17.5 Å². The molecule has 7 heteroatoms. The molecule has 1 aromatic carbocycles. The maximum Gasteiger partial charge on any atom is 0.240 e. The van der Waals surface area contributed by atoms with Gasteiger partial charge in [-0.05, 0) is 31.2 Å². The van der Waals surface area contributed by atoms with Gasteiger partial charge in [-0.3, -0.25) is 0 Å². The number of hydrogen-bond acceptors (Lipinski definition) is 6. The van der Waals surface area contributed by atoms with Gasteiger partial charge < -0.3 is 5.73 Å². The molecule has 0 aliphatic heterocycles. The van der Waals surface area contributed by atoms with Crippen LogP contribution in [-0.2, 0) is 0 Å². The summed E-state index contributed by atoms with van der Waals surface area (Å²) in [5.74, 6) is 0.0741. The van der Waals surface area contributed by atoms with E-state index in [2.05, 4.69) is 26.2 Å². The number of hydrogen-bond donors (Lipinski definition) is 1. The van der Waals surface area contributed by atoms with E-state index in [0.717, 1.165) is 16.8 Å². The summed E-state index contributed by atoms with van der Waals surface area (Å²) in [4.78, 5) is 8.43. The predicted molar refractivity (Wildman–Crippen MR) is 87.4 cm³/mol. The Kier molecular flexibility index (Phi) is 3.87. The summed E-state index contributed by atoms with van der Waals surface area (Å²) in [6.07, 6.45) is 0. The number of nitrogens with zero attached hydrogens (tertiary/aromatic N) is 5. The molecule has 0 aliphatic rings. The van der Waals surface area contributed by atoms with Gasteiger partial charge in [-0.2, -0.15) is 5.26 Å². The van der Waals surface area contributed by atoms with E-state index in [9.17, 15) is 0 Å². The normalized spacial score (nSPS) is 10.3. The fourth-order valence-corrected chi connectivity index (χ4v) is 2.45. The van der Waals surface area contributed by atoms with Gasteiger partial charge in [-0.15, -0.1) is 10.2 Å². The number of anilines is 1. The van der Waals surface area contributed by atoms with Gasteiger partial charge in [0.1, 0.15) is 16.5 Å². The highest BCUT2D eigenvalue weighted by molar-refractivity contribution is 6.29. The van der Waals surface area contributed by atoms with Crippen molar-refractivity contribution in [1.82, 2.24) is 20.2 Å². The average molecular weight is 323 g/mol. The van der Waals surface area contributed by atoms with Crippen LogP contribution in [0.4, 0.5) is 5.95 Å². The molecule has 6 nitrogen and oxygen atoms in total. The number of benzene rings is 1. The number of aromatic nitrogens is 4. The molecule has 0 saturated carbocycles. The van der Waals surface area contributed by atoms with E-state index in [-0.39, 0.29) is 5.95 Å². The first-order chi connectivity index (χ1) is 11.1. The molecule has 0 unspecified atom stereocenters. The number of nitrogens with two attached hydrogens (primary N) is 1. The standard InChI is InChI=1S/C16H11ClN6/c1-9-6-12(7-13(17)20-9)15-14(21-16(19)23-22-15)11-4-2-10(8-18)3-5-11/h2-7H,1H3,(H2,19,21,23). The minimum absolute atomic E-state index is 0.0741. The first-order valence-corrected chi connectivity index (χ1v) is 7.10. The summed E-state index contributed by atoms with van der Waals surface area (Å²) in [6.45, 7) is 1.84. The smallest absolute Gasteiger partial charge is 0.240 e. The van der Waals surface area contributed by atoms with Crippen LogP contribution in [0, 0.1) is 18.3 Å². The minimum Gasteiger partial charge on any atom is -0.366 e. The monoisotopic (exact) mass is 322 g/mol. The molecule has 0 amide bonds. The Morgan fingerprint density at radius 2 is 1.74 bits per heavy atom. The second-order valence-corrected chi connectivity index (χ2v) is 5.26. The van der Waals surface area contributed by atoms with E-state index in [1.165, 1.54) is 0 Å². The molecular formula is C16H11ClN6. The lowest BCUT2D eigenvalue weighted by molar-refractivity contribution is 0.995. The molecule has 3 rings (SSSR count). The fourth-order valence-electron chi connectivity index (χ4n) is 2.20. The van der Waals surface area contributed by atoms with Crippen LogP contribution >= 0.6 is 11.6 Å². The summed E-state index contributed by atoms with van der Waals surface area (Å²) in [5.41, 5.74) is 9.67. The lowest BCUT2D eigenvalue weighted by atomic mass is 10.0. The van der Waals surface area contributed by atoms with Crippen molar-refractivity contribution in [3.63, 3.8) is 0 Å². The van der Waals surface area contributed by atoms with Gasteiger partial charge in [-0.1, -0.05) is 23.7 Å². The number of nitriles is 1. The molecule has 2 aromatic heterocycles. The lowest BCUT2D eigenvalue weighted by Gasteiger charge is -2.09. The molecule has 2 heterocycles. The van der Waals surface area contributed by atoms with Crippen LogP contribution in [0.1, 0.15) is 11.3 Å². The van der Waals surface area contributed by atoms with Crippen LogP contribution in [0.5, 0.6) is 0 Å².